The van der Waals surface area contributed by atoms with E-state index in [-0.39, 0.29) is 5.82 Å². The summed E-state index contributed by atoms with van der Waals surface area (Å²) in [6.45, 7) is 0. The first-order chi connectivity index (χ1) is 7.66. The summed E-state index contributed by atoms with van der Waals surface area (Å²) in [7, 11) is 0. The summed E-state index contributed by atoms with van der Waals surface area (Å²) in [6.07, 6.45) is 0. The second kappa shape index (κ2) is 4.89. The van der Waals surface area contributed by atoms with E-state index in [2.05, 4.69) is 15.9 Å². The van der Waals surface area contributed by atoms with Crippen LogP contribution in [0.15, 0.2) is 56.7 Å². The van der Waals surface area contributed by atoms with E-state index in [1.54, 1.807) is 18.2 Å². The van der Waals surface area contributed by atoms with E-state index in [1.165, 1.54) is 17.8 Å². The van der Waals surface area contributed by atoms with Crippen LogP contribution in [0.1, 0.15) is 0 Å². The van der Waals surface area contributed by atoms with Gasteiger partial charge in [-0.2, -0.15) is 0 Å². The lowest BCUT2D eigenvalue weighted by molar-refractivity contribution is 0.602. The topological polar surface area (TPSA) is 26.0 Å². The molecule has 4 heteroatoms. The average Bonchev–Trinajstić information content (AvgIpc) is 2.25. The van der Waals surface area contributed by atoms with Gasteiger partial charge in [-0.25, -0.2) is 4.39 Å². The maximum absolute atomic E-state index is 13.4. The SMILES string of the molecule is Nc1ccc(Sc2ccccc2F)c(Br)c1. The number of nitrogens with two attached hydrogens (primary N) is 1. The van der Waals surface area contributed by atoms with Gasteiger partial charge in [0.15, 0.2) is 0 Å². The molecule has 0 aliphatic carbocycles. The molecule has 0 aliphatic rings. The highest BCUT2D eigenvalue weighted by Gasteiger charge is 2.06. The quantitative estimate of drug-likeness (QED) is 0.836. The third-order valence-electron chi connectivity index (χ3n) is 2.01. The van der Waals surface area contributed by atoms with Crippen LogP contribution in [-0.4, -0.2) is 0 Å². The van der Waals surface area contributed by atoms with Crippen molar-refractivity contribution in [2.45, 2.75) is 9.79 Å². The molecular weight excluding hydrogens is 289 g/mol. The molecule has 0 atom stereocenters. The number of halogens is 2. The van der Waals surface area contributed by atoms with E-state index >= 15 is 0 Å². The van der Waals surface area contributed by atoms with Crippen LogP contribution in [0.25, 0.3) is 0 Å². The number of nitrogen functional groups attached to an aromatic ring is 1. The summed E-state index contributed by atoms with van der Waals surface area (Å²) in [6, 6.07) is 12.2. The molecule has 0 unspecified atom stereocenters. The Morgan fingerprint density at radius 3 is 2.50 bits per heavy atom. The summed E-state index contributed by atoms with van der Waals surface area (Å²) in [5.41, 5.74) is 6.32. The Hall–Kier alpha value is -1.00. The fourth-order valence-electron chi connectivity index (χ4n) is 1.25. The lowest BCUT2D eigenvalue weighted by Crippen LogP contribution is -1.85. The van der Waals surface area contributed by atoms with Gasteiger partial charge in [-0.1, -0.05) is 23.9 Å². The van der Waals surface area contributed by atoms with Gasteiger partial charge in [0, 0.05) is 20.0 Å². The molecule has 2 aromatic rings. The smallest absolute Gasteiger partial charge is 0.137 e. The molecule has 0 aromatic heterocycles. The molecule has 0 radical (unpaired) electrons. The van der Waals surface area contributed by atoms with E-state index in [0.717, 1.165) is 9.37 Å². The van der Waals surface area contributed by atoms with Gasteiger partial charge in [0.25, 0.3) is 0 Å². The van der Waals surface area contributed by atoms with Crippen LogP contribution >= 0.6 is 27.7 Å². The van der Waals surface area contributed by atoms with Gasteiger partial charge in [0.1, 0.15) is 5.82 Å². The molecule has 16 heavy (non-hydrogen) atoms. The highest BCUT2D eigenvalue weighted by Crippen LogP contribution is 2.35. The lowest BCUT2D eigenvalue weighted by Gasteiger charge is -2.05. The molecular formula is C12H9BrFNS. The molecule has 0 fully saturated rings. The fraction of sp³-hybridized carbons (Fsp3) is 0. The zero-order chi connectivity index (χ0) is 11.5. The number of benzene rings is 2. The zero-order valence-electron chi connectivity index (χ0n) is 8.28. The van der Waals surface area contributed by atoms with Gasteiger partial charge in [-0.05, 0) is 46.3 Å². The minimum atomic E-state index is -0.212. The predicted octanol–water partition coefficient (Wildman–Crippen LogP) is 4.32. The maximum atomic E-state index is 13.4. The number of anilines is 1. The predicted molar refractivity (Wildman–Crippen MR) is 69.1 cm³/mol. The van der Waals surface area contributed by atoms with Gasteiger partial charge in [0.2, 0.25) is 0 Å². The normalized spacial score (nSPS) is 10.4. The molecule has 0 spiro atoms. The third kappa shape index (κ3) is 2.57. The van der Waals surface area contributed by atoms with Crippen LogP contribution < -0.4 is 5.73 Å². The molecule has 2 N–H and O–H groups in total. The lowest BCUT2D eigenvalue weighted by atomic mass is 10.3. The summed E-state index contributed by atoms with van der Waals surface area (Å²) >= 11 is 4.78. The number of hydrogen-bond donors (Lipinski definition) is 1. The summed E-state index contributed by atoms with van der Waals surface area (Å²) in [5, 5.41) is 0. The van der Waals surface area contributed by atoms with Crippen LogP contribution in [0.2, 0.25) is 0 Å². The Balaban J connectivity index is 2.31. The Kier molecular flexibility index (Phi) is 3.51. The van der Waals surface area contributed by atoms with Crippen molar-refractivity contribution in [1.29, 1.82) is 0 Å². The van der Waals surface area contributed by atoms with E-state index in [9.17, 15) is 4.39 Å². The molecule has 0 saturated carbocycles. The fourth-order valence-corrected chi connectivity index (χ4v) is 2.73. The standard InChI is InChI=1S/C12H9BrFNS/c13-9-7-8(15)5-6-11(9)16-12-4-2-1-3-10(12)14/h1-7H,15H2. The third-order valence-corrected chi connectivity index (χ3v) is 4.06. The van der Waals surface area contributed by atoms with E-state index < -0.39 is 0 Å². The van der Waals surface area contributed by atoms with Crippen LogP contribution in [0.5, 0.6) is 0 Å². The van der Waals surface area contributed by atoms with Crippen molar-refractivity contribution in [3.8, 4) is 0 Å². The van der Waals surface area contributed by atoms with Crippen molar-refractivity contribution in [3.05, 3.63) is 52.8 Å². The van der Waals surface area contributed by atoms with Crippen LogP contribution in [0, 0.1) is 5.82 Å². The van der Waals surface area contributed by atoms with Gasteiger partial charge in [-0.3, -0.25) is 0 Å². The zero-order valence-corrected chi connectivity index (χ0v) is 10.7. The molecule has 0 heterocycles. The molecule has 2 aromatic carbocycles. The van der Waals surface area contributed by atoms with Crippen LogP contribution in [0.3, 0.4) is 0 Å². The largest absolute Gasteiger partial charge is 0.399 e. The molecule has 0 bridgehead atoms. The average molecular weight is 298 g/mol. The second-order valence-electron chi connectivity index (χ2n) is 3.22. The van der Waals surface area contributed by atoms with Gasteiger partial charge in [-0.15, -0.1) is 0 Å². The summed E-state index contributed by atoms with van der Waals surface area (Å²) < 4.78 is 14.3. The Morgan fingerprint density at radius 2 is 1.81 bits per heavy atom. The summed E-state index contributed by atoms with van der Waals surface area (Å²) in [5.74, 6) is -0.212. The van der Waals surface area contributed by atoms with Crippen molar-refractivity contribution in [2.75, 3.05) is 5.73 Å². The highest BCUT2D eigenvalue weighted by atomic mass is 79.9. The highest BCUT2D eigenvalue weighted by molar-refractivity contribution is 9.10. The second-order valence-corrected chi connectivity index (χ2v) is 5.16. The molecule has 2 rings (SSSR count). The number of rotatable bonds is 2. The van der Waals surface area contributed by atoms with Gasteiger partial charge >= 0.3 is 0 Å². The van der Waals surface area contributed by atoms with Crippen molar-refractivity contribution < 1.29 is 4.39 Å². The molecule has 82 valence electrons. The number of hydrogen-bond acceptors (Lipinski definition) is 2. The van der Waals surface area contributed by atoms with Crippen molar-refractivity contribution in [2.24, 2.45) is 0 Å². The molecule has 0 amide bonds. The first-order valence-electron chi connectivity index (χ1n) is 4.64. The van der Waals surface area contributed by atoms with Crippen molar-refractivity contribution >= 4 is 33.4 Å². The minimum Gasteiger partial charge on any atom is -0.399 e. The van der Waals surface area contributed by atoms with Gasteiger partial charge < -0.3 is 5.73 Å². The first-order valence-corrected chi connectivity index (χ1v) is 6.25. The van der Waals surface area contributed by atoms with E-state index in [4.69, 9.17) is 5.73 Å². The van der Waals surface area contributed by atoms with Crippen LogP contribution in [-0.2, 0) is 0 Å². The minimum absolute atomic E-state index is 0.212. The van der Waals surface area contributed by atoms with Crippen LogP contribution in [0.4, 0.5) is 10.1 Å². The Bertz CT molecular complexity index is 516. The van der Waals surface area contributed by atoms with Gasteiger partial charge in [0.05, 0.1) is 0 Å². The molecule has 0 aliphatic heterocycles. The molecule has 1 nitrogen and oxygen atoms in total. The van der Waals surface area contributed by atoms with Crippen molar-refractivity contribution in [3.63, 3.8) is 0 Å². The molecule has 0 saturated heterocycles. The van der Waals surface area contributed by atoms with E-state index in [0.29, 0.717) is 10.6 Å². The maximum Gasteiger partial charge on any atom is 0.137 e. The van der Waals surface area contributed by atoms with Crippen molar-refractivity contribution in [1.82, 2.24) is 0 Å². The van der Waals surface area contributed by atoms with E-state index in [1.807, 2.05) is 18.2 Å². The Labute approximate surface area is 106 Å². The first kappa shape index (κ1) is 11.5. The summed E-state index contributed by atoms with van der Waals surface area (Å²) in [4.78, 5) is 1.55. The monoisotopic (exact) mass is 297 g/mol. The Morgan fingerprint density at radius 1 is 1.06 bits per heavy atom.